The van der Waals surface area contributed by atoms with Crippen LogP contribution in [0.4, 0.5) is 4.39 Å². The first-order valence-corrected chi connectivity index (χ1v) is 9.74. The molecule has 144 valence electrons. The third-order valence-corrected chi connectivity index (χ3v) is 5.07. The van der Waals surface area contributed by atoms with Gasteiger partial charge in [-0.1, -0.05) is 18.2 Å². The van der Waals surface area contributed by atoms with Gasteiger partial charge in [-0.05, 0) is 62.6 Å². The molecule has 4 aromatic rings. The Morgan fingerprint density at radius 2 is 1.93 bits per heavy atom. The van der Waals surface area contributed by atoms with Crippen molar-refractivity contribution >= 4 is 21.8 Å². The lowest BCUT2D eigenvalue weighted by molar-refractivity contribution is 0.343. The van der Waals surface area contributed by atoms with E-state index in [0.29, 0.717) is 18.7 Å². The molecule has 0 radical (unpaired) electrons. The van der Waals surface area contributed by atoms with Crippen LogP contribution in [0.3, 0.4) is 0 Å². The first-order valence-electron chi connectivity index (χ1n) is 9.74. The smallest absolute Gasteiger partial charge is 0.147 e. The zero-order valence-electron chi connectivity index (χ0n) is 16.0. The molecule has 2 aromatic heterocycles. The van der Waals surface area contributed by atoms with Crippen molar-refractivity contribution in [3.8, 4) is 17.0 Å². The first-order chi connectivity index (χ1) is 13.7. The van der Waals surface area contributed by atoms with Crippen molar-refractivity contribution in [2.24, 2.45) is 5.73 Å². The highest BCUT2D eigenvalue weighted by Crippen LogP contribution is 2.38. The maximum absolute atomic E-state index is 14.5. The quantitative estimate of drug-likeness (QED) is 0.435. The molecule has 0 spiro atoms. The highest BCUT2D eigenvalue weighted by molar-refractivity contribution is 6.01. The fourth-order valence-corrected chi connectivity index (χ4v) is 3.81. The number of H-pyrrole nitrogens is 1. The fourth-order valence-electron chi connectivity index (χ4n) is 3.81. The van der Waals surface area contributed by atoms with Crippen LogP contribution < -0.4 is 10.5 Å². The van der Waals surface area contributed by atoms with Crippen LogP contribution >= 0.6 is 0 Å². The zero-order chi connectivity index (χ0) is 19.5. The maximum Gasteiger partial charge on any atom is 0.147 e. The molecule has 0 aliphatic rings. The molecule has 0 aliphatic carbocycles. The van der Waals surface area contributed by atoms with Gasteiger partial charge in [0.2, 0.25) is 0 Å². The number of unbranched alkanes of at least 4 members (excludes halogenated alkanes) is 1. The lowest BCUT2D eigenvalue weighted by Crippen LogP contribution is -1.99. The monoisotopic (exact) mass is 377 g/mol. The summed E-state index contributed by atoms with van der Waals surface area (Å²) in [5.74, 6) is 0.519. The van der Waals surface area contributed by atoms with Gasteiger partial charge in [0.05, 0.1) is 17.8 Å². The molecule has 0 saturated carbocycles. The Morgan fingerprint density at radius 3 is 2.75 bits per heavy atom. The van der Waals surface area contributed by atoms with Crippen molar-refractivity contribution in [2.45, 2.75) is 26.2 Å². The van der Waals surface area contributed by atoms with E-state index in [1.54, 1.807) is 12.3 Å². The second-order valence-electron chi connectivity index (χ2n) is 6.83. The van der Waals surface area contributed by atoms with Crippen molar-refractivity contribution in [1.29, 1.82) is 0 Å². The number of pyridine rings is 1. The molecule has 0 unspecified atom stereocenters. The molecule has 2 heterocycles. The number of benzene rings is 2. The van der Waals surface area contributed by atoms with Crippen LogP contribution in [-0.4, -0.2) is 23.1 Å². The van der Waals surface area contributed by atoms with Crippen molar-refractivity contribution < 1.29 is 9.13 Å². The van der Waals surface area contributed by atoms with E-state index in [-0.39, 0.29) is 5.82 Å². The van der Waals surface area contributed by atoms with Crippen LogP contribution in [0.5, 0.6) is 5.75 Å². The summed E-state index contributed by atoms with van der Waals surface area (Å²) in [4.78, 5) is 7.88. The summed E-state index contributed by atoms with van der Waals surface area (Å²) in [5, 5.41) is 1.92. The van der Waals surface area contributed by atoms with E-state index < -0.39 is 0 Å². The molecule has 0 amide bonds. The minimum absolute atomic E-state index is 0.239. The second kappa shape index (κ2) is 7.98. The van der Waals surface area contributed by atoms with Gasteiger partial charge in [0.1, 0.15) is 17.1 Å². The fraction of sp³-hybridized carbons (Fsp3) is 0.261. The number of hydrogen-bond donors (Lipinski definition) is 2. The number of halogens is 1. The number of ether oxygens (including phenoxy) is 1. The zero-order valence-corrected chi connectivity index (χ0v) is 16.0. The van der Waals surface area contributed by atoms with Crippen LogP contribution in [0.25, 0.3) is 33.1 Å². The Balaban J connectivity index is 1.95. The van der Waals surface area contributed by atoms with Gasteiger partial charge in [-0.3, -0.25) is 4.98 Å². The van der Waals surface area contributed by atoms with Crippen molar-refractivity contribution in [3.63, 3.8) is 0 Å². The number of nitrogens with two attached hydrogens (primary N) is 1. The Bertz CT molecular complexity index is 1120. The molecule has 5 heteroatoms. The second-order valence-corrected chi connectivity index (χ2v) is 6.83. The van der Waals surface area contributed by atoms with E-state index >= 15 is 0 Å². The maximum atomic E-state index is 14.5. The molecule has 0 atom stereocenters. The van der Waals surface area contributed by atoms with Gasteiger partial charge in [-0.2, -0.15) is 0 Å². The predicted octanol–water partition coefficient (Wildman–Crippen LogP) is 5.20. The van der Waals surface area contributed by atoms with Crippen LogP contribution in [0.15, 0.2) is 48.7 Å². The van der Waals surface area contributed by atoms with E-state index in [4.69, 9.17) is 10.5 Å². The Morgan fingerprint density at radius 1 is 1.07 bits per heavy atom. The number of hydrogen-bond acceptors (Lipinski definition) is 3. The van der Waals surface area contributed by atoms with E-state index in [0.717, 1.165) is 58.1 Å². The van der Waals surface area contributed by atoms with E-state index in [1.807, 2.05) is 37.3 Å². The van der Waals surface area contributed by atoms with Gasteiger partial charge in [0.15, 0.2) is 0 Å². The van der Waals surface area contributed by atoms with E-state index in [9.17, 15) is 4.39 Å². The number of nitrogens with zero attached hydrogens (tertiary/aromatic N) is 1. The predicted molar refractivity (Wildman–Crippen MR) is 112 cm³/mol. The lowest BCUT2D eigenvalue weighted by Gasteiger charge is -2.12. The molecule has 3 N–H and O–H groups in total. The third kappa shape index (κ3) is 3.22. The molecule has 0 fully saturated rings. The summed E-state index contributed by atoms with van der Waals surface area (Å²) >= 11 is 0. The minimum Gasteiger partial charge on any atom is -0.492 e. The van der Waals surface area contributed by atoms with Gasteiger partial charge in [-0.15, -0.1) is 0 Å². The van der Waals surface area contributed by atoms with Gasteiger partial charge < -0.3 is 15.5 Å². The average molecular weight is 377 g/mol. The molecule has 2 aromatic carbocycles. The van der Waals surface area contributed by atoms with Crippen molar-refractivity contribution in [1.82, 2.24) is 9.97 Å². The average Bonchev–Trinajstić information content (AvgIpc) is 3.08. The molecule has 0 bridgehead atoms. The third-order valence-electron chi connectivity index (χ3n) is 5.07. The Hall–Kier alpha value is -2.92. The van der Waals surface area contributed by atoms with Crippen LogP contribution in [-0.2, 0) is 6.42 Å². The molecule has 4 nitrogen and oxygen atoms in total. The lowest BCUT2D eigenvalue weighted by atomic mass is 9.97. The number of aryl methyl sites for hydroxylation is 1. The topological polar surface area (TPSA) is 63.9 Å². The van der Waals surface area contributed by atoms with Crippen LogP contribution in [0, 0.1) is 5.82 Å². The molecular weight excluding hydrogens is 353 g/mol. The molecule has 0 saturated heterocycles. The Kier molecular flexibility index (Phi) is 5.26. The highest BCUT2D eigenvalue weighted by Gasteiger charge is 2.18. The molecule has 4 rings (SSSR count). The standard InChI is InChI=1S/C23H24FN3O/c1-2-28-20-12-11-18(17-9-6-14-26-23(17)20)21-15(7-3-4-13-25)16-8-5-10-19(24)22(16)27-21/h5-6,8-12,14,27H,2-4,7,13,25H2,1H3. The largest absolute Gasteiger partial charge is 0.492 e. The van der Waals surface area contributed by atoms with Crippen LogP contribution in [0.2, 0.25) is 0 Å². The summed E-state index contributed by atoms with van der Waals surface area (Å²) in [6.07, 6.45) is 4.50. The number of para-hydroxylation sites is 1. The van der Waals surface area contributed by atoms with Crippen LogP contribution in [0.1, 0.15) is 25.3 Å². The van der Waals surface area contributed by atoms with Gasteiger partial charge in [0, 0.05) is 22.5 Å². The Labute approximate surface area is 163 Å². The van der Waals surface area contributed by atoms with E-state index in [1.165, 1.54) is 6.07 Å². The first kappa shape index (κ1) is 18.4. The summed E-state index contributed by atoms with van der Waals surface area (Å²) in [6, 6.07) is 13.2. The summed E-state index contributed by atoms with van der Waals surface area (Å²) < 4.78 is 20.2. The highest BCUT2D eigenvalue weighted by atomic mass is 19.1. The SMILES string of the molecule is CCOc1ccc(-c2[nH]c3c(F)cccc3c2CCCCN)c2cccnc12. The normalized spacial score (nSPS) is 11.4. The number of rotatable bonds is 7. The molecule has 0 aliphatic heterocycles. The number of aromatic amines is 1. The van der Waals surface area contributed by atoms with E-state index in [2.05, 4.69) is 9.97 Å². The number of fused-ring (bicyclic) bond motifs is 2. The number of nitrogens with one attached hydrogen (secondary N) is 1. The van der Waals surface area contributed by atoms with Crippen molar-refractivity contribution in [3.05, 3.63) is 60.0 Å². The summed E-state index contributed by atoms with van der Waals surface area (Å²) in [6.45, 7) is 3.19. The number of aromatic nitrogens is 2. The van der Waals surface area contributed by atoms with Crippen molar-refractivity contribution in [2.75, 3.05) is 13.2 Å². The summed E-state index contributed by atoms with van der Waals surface area (Å²) in [5.41, 5.74) is 10.1. The van der Waals surface area contributed by atoms with Gasteiger partial charge in [0.25, 0.3) is 0 Å². The molecular formula is C23H24FN3O. The molecule has 28 heavy (non-hydrogen) atoms. The summed E-state index contributed by atoms with van der Waals surface area (Å²) in [7, 11) is 0. The minimum atomic E-state index is -0.239. The van der Waals surface area contributed by atoms with Gasteiger partial charge in [-0.25, -0.2) is 4.39 Å². The van der Waals surface area contributed by atoms with Gasteiger partial charge >= 0.3 is 0 Å².